The van der Waals surface area contributed by atoms with Crippen LogP contribution in [0.4, 0.5) is 0 Å². The van der Waals surface area contributed by atoms with Gasteiger partial charge in [-0.1, -0.05) is 12.1 Å². The van der Waals surface area contributed by atoms with E-state index in [1.807, 2.05) is 37.7 Å². The fraction of sp³-hybridized carbons (Fsp3) is 0.625. The summed E-state index contributed by atoms with van der Waals surface area (Å²) >= 11 is 1.98. The lowest BCUT2D eigenvalue weighted by atomic mass is 10.1. The van der Waals surface area contributed by atoms with Gasteiger partial charge in [0.05, 0.1) is 6.10 Å². The predicted octanol–water partition coefficient (Wildman–Crippen LogP) is 3.39. The summed E-state index contributed by atoms with van der Waals surface area (Å²) in [6, 6.07) is 8.26. The van der Waals surface area contributed by atoms with Gasteiger partial charge in [0.15, 0.2) is 0 Å². The minimum Gasteiger partial charge on any atom is -0.491 e. The Morgan fingerprint density at radius 3 is 2.50 bits per heavy atom. The molecule has 1 aliphatic rings. The molecule has 0 bridgehead atoms. The van der Waals surface area contributed by atoms with Crippen molar-refractivity contribution in [3.05, 3.63) is 29.8 Å². The summed E-state index contributed by atoms with van der Waals surface area (Å²) in [6.45, 7) is 5.86. The molecule has 0 radical (unpaired) electrons. The Bertz CT molecular complexity index is 388. The van der Waals surface area contributed by atoms with Gasteiger partial charge >= 0.3 is 0 Å². The van der Waals surface area contributed by atoms with Gasteiger partial charge in [-0.3, -0.25) is 0 Å². The summed E-state index contributed by atoms with van der Waals surface area (Å²) in [5.41, 5.74) is 7.45. The fourth-order valence-electron chi connectivity index (χ4n) is 2.24. The zero-order valence-corrected chi connectivity index (χ0v) is 13.2. The molecule has 0 aliphatic carbocycles. The topological polar surface area (TPSA) is 44.5 Å². The molecule has 2 rings (SSSR count). The third kappa shape index (κ3) is 5.00. The maximum Gasteiger partial charge on any atom is 0.119 e. The second-order valence-electron chi connectivity index (χ2n) is 5.49. The van der Waals surface area contributed by atoms with Crippen LogP contribution in [0.25, 0.3) is 0 Å². The smallest absolute Gasteiger partial charge is 0.119 e. The zero-order valence-electron chi connectivity index (χ0n) is 12.4. The molecule has 112 valence electrons. The van der Waals surface area contributed by atoms with Gasteiger partial charge in [-0.25, -0.2) is 0 Å². The molecule has 1 heterocycles. The van der Waals surface area contributed by atoms with E-state index in [9.17, 15) is 0 Å². The van der Waals surface area contributed by atoms with E-state index >= 15 is 0 Å². The van der Waals surface area contributed by atoms with Crippen molar-refractivity contribution in [2.45, 2.75) is 44.1 Å². The maximum atomic E-state index is 6.27. The van der Waals surface area contributed by atoms with Crippen molar-refractivity contribution in [3.63, 3.8) is 0 Å². The van der Waals surface area contributed by atoms with Crippen LogP contribution >= 0.6 is 11.8 Å². The Balaban J connectivity index is 1.80. The minimum atomic E-state index is 0.0935. The first-order valence-corrected chi connectivity index (χ1v) is 8.41. The van der Waals surface area contributed by atoms with Crippen molar-refractivity contribution in [1.29, 1.82) is 0 Å². The van der Waals surface area contributed by atoms with Gasteiger partial charge < -0.3 is 15.2 Å². The van der Waals surface area contributed by atoms with Gasteiger partial charge in [0, 0.05) is 30.3 Å². The van der Waals surface area contributed by atoms with Crippen LogP contribution in [0.3, 0.4) is 0 Å². The minimum absolute atomic E-state index is 0.0935. The van der Waals surface area contributed by atoms with E-state index in [-0.39, 0.29) is 12.1 Å². The normalized spacial score (nSPS) is 18.2. The first-order valence-electron chi connectivity index (χ1n) is 7.36. The number of nitrogens with two attached hydrogens (primary N) is 1. The van der Waals surface area contributed by atoms with Crippen molar-refractivity contribution >= 4 is 11.8 Å². The molecule has 0 amide bonds. The molecule has 4 heteroatoms. The van der Waals surface area contributed by atoms with E-state index in [2.05, 4.69) is 12.1 Å². The van der Waals surface area contributed by atoms with Crippen molar-refractivity contribution in [2.24, 2.45) is 5.73 Å². The highest BCUT2D eigenvalue weighted by Crippen LogP contribution is 2.26. The first kappa shape index (κ1) is 15.7. The molecule has 1 unspecified atom stereocenters. The fourth-order valence-corrected chi connectivity index (χ4v) is 3.44. The van der Waals surface area contributed by atoms with Crippen LogP contribution in [0.5, 0.6) is 5.75 Å². The molecule has 1 aliphatic heterocycles. The van der Waals surface area contributed by atoms with Crippen LogP contribution < -0.4 is 10.5 Å². The standard InChI is InChI=1S/C16H25NO2S/c1-12(2)19-14-5-3-13(4-6-14)16(17)11-20-15-7-9-18-10-8-15/h3-6,12,15-16H,7-11,17H2,1-2H3. The van der Waals surface area contributed by atoms with E-state index in [0.717, 1.165) is 37.6 Å². The van der Waals surface area contributed by atoms with E-state index in [1.54, 1.807) is 0 Å². The molecule has 1 fully saturated rings. The summed E-state index contributed by atoms with van der Waals surface area (Å²) in [6.07, 6.45) is 2.51. The molecule has 3 nitrogen and oxygen atoms in total. The van der Waals surface area contributed by atoms with Gasteiger partial charge in [0.2, 0.25) is 0 Å². The Labute approximate surface area is 126 Å². The molecule has 1 aromatic rings. The lowest BCUT2D eigenvalue weighted by molar-refractivity contribution is 0.1000. The van der Waals surface area contributed by atoms with E-state index in [1.165, 1.54) is 5.56 Å². The number of hydrogen-bond donors (Lipinski definition) is 1. The number of thioether (sulfide) groups is 1. The number of benzene rings is 1. The molecule has 1 atom stereocenters. The van der Waals surface area contributed by atoms with E-state index < -0.39 is 0 Å². The highest BCUT2D eigenvalue weighted by Gasteiger charge is 2.16. The molecular formula is C16H25NO2S. The average Bonchev–Trinajstić information content (AvgIpc) is 2.46. The maximum absolute atomic E-state index is 6.27. The molecule has 0 saturated carbocycles. The second-order valence-corrected chi connectivity index (χ2v) is 6.82. The van der Waals surface area contributed by atoms with E-state index in [4.69, 9.17) is 15.2 Å². The Kier molecular flexibility index (Phi) is 6.20. The van der Waals surface area contributed by atoms with Gasteiger partial charge in [-0.15, -0.1) is 0 Å². The first-order chi connectivity index (χ1) is 9.65. The van der Waals surface area contributed by atoms with Crippen LogP contribution in [-0.2, 0) is 4.74 Å². The SMILES string of the molecule is CC(C)Oc1ccc(C(N)CSC2CCOCC2)cc1. The third-order valence-corrected chi connectivity index (χ3v) is 4.85. The Morgan fingerprint density at radius 1 is 1.25 bits per heavy atom. The number of hydrogen-bond acceptors (Lipinski definition) is 4. The van der Waals surface area contributed by atoms with Gasteiger partial charge in [-0.05, 0) is 44.4 Å². The zero-order chi connectivity index (χ0) is 14.4. The summed E-state index contributed by atoms with van der Waals surface area (Å²) in [5.74, 6) is 1.88. The summed E-state index contributed by atoms with van der Waals surface area (Å²) in [7, 11) is 0. The van der Waals surface area contributed by atoms with Crippen molar-refractivity contribution in [1.82, 2.24) is 0 Å². The van der Waals surface area contributed by atoms with Crippen molar-refractivity contribution in [2.75, 3.05) is 19.0 Å². The molecule has 20 heavy (non-hydrogen) atoms. The average molecular weight is 295 g/mol. The highest BCUT2D eigenvalue weighted by molar-refractivity contribution is 7.99. The summed E-state index contributed by atoms with van der Waals surface area (Å²) in [4.78, 5) is 0. The van der Waals surface area contributed by atoms with Crippen LogP contribution in [0.15, 0.2) is 24.3 Å². The molecule has 0 spiro atoms. The van der Waals surface area contributed by atoms with Crippen LogP contribution in [0, 0.1) is 0 Å². The quantitative estimate of drug-likeness (QED) is 0.874. The molecule has 0 aromatic heterocycles. The largest absolute Gasteiger partial charge is 0.491 e. The van der Waals surface area contributed by atoms with Gasteiger partial charge in [-0.2, -0.15) is 11.8 Å². The number of rotatable bonds is 6. The Hall–Kier alpha value is -0.710. The van der Waals surface area contributed by atoms with Gasteiger partial charge in [0.1, 0.15) is 5.75 Å². The van der Waals surface area contributed by atoms with Crippen LogP contribution in [-0.4, -0.2) is 30.3 Å². The Morgan fingerprint density at radius 2 is 1.90 bits per heavy atom. The second kappa shape index (κ2) is 7.91. The summed E-state index contributed by atoms with van der Waals surface area (Å²) in [5, 5.41) is 0.707. The lowest BCUT2D eigenvalue weighted by Gasteiger charge is -2.23. The van der Waals surface area contributed by atoms with Gasteiger partial charge in [0.25, 0.3) is 0 Å². The number of ether oxygens (including phenoxy) is 2. The van der Waals surface area contributed by atoms with Crippen molar-refractivity contribution in [3.8, 4) is 5.75 Å². The highest BCUT2D eigenvalue weighted by atomic mass is 32.2. The predicted molar refractivity (Wildman–Crippen MR) is 85.4 cm³/mol. The molecule has 1 aromatic carbocycles. The van der Waals surface area contributed by atoms with Crippen LogP contribution in [0.1, 0.15) is 38.3 Å². The molecule has 2 N–H and O–H groups in total. The molecular weight excluding hydrogens is 270 g/mol. The third-order valence-electron chi connectivity index (χ3n) is 3.36. The summed E-state index contributed by atoms with van der Waals surface area (Å²) < 4.78 is 11.0. The monoisotopic (exact) mass is 295 g/mol. The van der Waals surface area contributed by atoms with E-state index in [0.29, 0.717) is 5.25 Å². The van der Waals surface area contributed by atoms with Crippen molar-refractivity contribution < 1.29 is 9.47 Å². The van der Waals surface area contributed by atoms with Crippen LogP contribution in [0.2, 0.25) is 0 Å². The molecule has 1 saturated heterocycles. The lowest BCUT2D eigenvalue weighted by Crippen LogP contribution is -2.21.